The summed E-state index contributed by atoms with van der Waals surface area (Å²) in [6, 6.07) is 31.2. The van der Waals surface area contributed by atoms with Gasteiger partial charge in [-0.3, -0.25) is 14.7 Å². The van der Waals surface area contributed by atoms with Crippen LogP contribution in [-0.2, 0) is 21.5 Å². The summed E-state index contributed by atoms with van der Waals surface area (Å²) in [4.78, 5) is 26.1. The van der Waals surface area contributed by atoms with Crippen LogP contribution in [0.3, 0.4) is 0 Å². The molecule has 15 heteroatoms. The fourth-order valence-corrected chi connectivity index (χ4v) is 6.79. The quantitative estimate of drug-likeness (QED) is 0.0807. The Bertz CT molecular complexity index is 2200. The maximum absolute atomic E-state index is 11.5. The van der Waals surface area contributed by atoms with Crippen LogP contribution >= 0.6 is 0 Å². The predicted octanol–water partition coefficient (Wildman–Crippen LogP) is 5.07. The Morgan fingerprint density at radius 2 is 1.45 bits per heavy atom. The van der Waals surface area contributed by atoms with E-state index in [1.165, 1.54) is 18.5 Å². The van der Waals surface area contributed by atoms with E-state index in [4.69, 9.17) is 28.7 Å². The van der Waals surface area contributed by atoms with E-state index < -0.39 is 35.1 Å². The number of aliphatic hydroxyl groups is 2. The van der Waals surface area contributed by atoms with Gasteiger partial charge >= 0.3 is 0 Å². The van der Waals surface area contributed by atoms with Gasteiger partial charge in [0.25, 0.3) is 5.69 Å². The lowest BCUT2D eigenvalue weighted by atomic mass is 9.80. The fraction of sp³-hybridized carbons (Fsp3) is 0.293. The third kappa shape index (κ3) is 7.44. The van der Waals surface area contributed by atoms with Gasteiger partial charge in [0.1, 0.15) is 35.4 Å². The van der Waals surface area contributed by atoms with Crippen LogP contribution in [0.1, 0.15) is 28.5 Å². The largest absolute Gasteiger partial charge is 0.497 e. The molecule has 0 radical (unpaired) electrons. The monoisotopic (exact) mass is 762 g/mol. The number of benzene rings is 4. The second-order valence-corrected chi connectivity index (χ2v) is 13.4. The molecule has 2 N–H and O–H groups in total. The summed E-state index contributed by atoms with van der Waals surface area (Å²) in [7, 11) is 6.78. The van der Waals surface area contributed by atoms with E-state index in [0.29, 0.717) is 35.0 Å². The highest BCUT2D eigenvalue weighted by Crippen LogP contribution is 2.43. The zero-order valence-corrected chi connectivity index (χ0v) is 31.3. The molecule has 1 aliphatic rings. The van der Waals surface area contributed by atoms with Gasteiger partial charge in [-0.25, -0.2) is 4.98 Å². The molecule has 290 valence electrons. The second kappa shape index (κ2) is 16.3. The summed E-state index contributed by atoms with van der Waals surface area (Å²) in [6.45, 7) is 0.0825. The number of hydrogen-bond donors (Lipinski definition) is 2. The molecule has 56 heavy (non-hydrogen) atoms. The van der Waals surface area contributed by atoms with Crippen molar-refractivity contribution in [2.45, 2.75) is 36.6 Å². The average molecular weight is 763 g/mol. The number of nitro groups is 1. The molecule has 1 aliphatic heterocycles. The summed E-state index contributed by atoms with van der Waals surface area (Å²) in [5.74, 6) is 1.89. The van der Waals surface area contributed by atoms with Crippen LogP contribution in [0.15, 0.2) is 109 Å². The van der Waals surface area contributed by atoms with E-state index >= 15 is 0 Å². The van der Waals surface area contributed by atoms with Crippen molar-refractivity contribution in [2.24, 2.45) is 0 Å². The zero-order chi connectivity index (χ0) is 39.4. The molecule has 0 aliphatic carbocycles. The van der Waals surface area contributed by atoms with Crippen LogP contribution in [0.25, 0.3) is 11.2 Å². The summed E-state index contributed by atoms with van der Waals surface area (Å²) >= 11 is 0. The Morgan fingerprint density at radius 1 is 0.839 bits per heavy atom. The number of imidazole rings is 1. The van der Waals surface area contributed by atoms with E-state index in [-0.39, 0.29) is 24.8 Å². The molecule has 4 aromatic carbocycles. The smallest absolute Gasteiger partial charge is 0.269 e. The van der Waals surface area contributed by atoms with Crippen molar-refractivity contribution in [1.82, 2.24) is 19.5 Å². The van der Waals surface area contributed by atoms with Crippen molar-refractivity contribution in [3.05, 3.63) is 142 Å². The van der Waals surface area contributed by atoms with Gasteiger partial charge < -0.3 is 38.8 Å². The number of aliphatic hydroxyl groups excluding tert-OH is 2. The minimum Gasteiger partial charge on any atom is -0.497 e. The highest BCUT2D eigenvalue weighted by Gasteiger charge is 2.47. The number of fused-ring (bicyclic) bond motifs is 1. The molecule has 15 nitrogen and oxygen atoms in total. The van der Waals surface area contributed by atoms with Crippen molar-refractivity contribution in [3.8, 4) is 17.4 Å². The molecule has 1 saturated heterocycles. The number of hydrogen-bond acceptors (Lipinski definition) is 13. The number of nitrogens with zero attached hydrogens (tertiary/aromatic N) is 6. The second-order valence-electron chi connectivity index (χ2n) is 13.4. The summed E-state index contributed by atoms with van der Waals surface area (Å²) in [5.41, 5.74) is 2.75. The molecule has 4 atom stereocenters. The number of anilines is 1. The first-order valence-corrected chi connectivity index (χ1v) is 17.9. The number of ether oxygens (including phenoxy) is 5. The molecule has 1 fully saturated rings. The standard InChI is InChI=1S/C41H42N6O9/c1-45(2)40-43-37-34(38(44-40)54-23-22-26-10-16-30(17-11-26)47(50)51)42-25-46(37)39-36(49)35(48)33(56-39)24-55-41(27-8-6-5-7-9-27,28-12-18-31(52-3)19-13-28)29-14-20-32(53-4)21-15-29/h5-21,25,33,35-36,39,48-49H,22-24H2,1-4H3/t33-,35-,36-,39-/m1/s1. The van der Waals surface area contributed by atoms with Crippen LogP contribution in [0, 0.1) is 10.1 Å². The fourth-order valence-electron chi connectivity index (χ4n) is 6.79. The van der Waals surface area contributed by atoms with Crippen molar-refractivity contribution < 1.29 is 38.8 Å². The summed E-state index contributed by atoms with van der Waals surface area (Å²) < 4.78 is 32.0. The molecule has 6 aromatic rings. The van der Waals surface area contributed by atoms with Crippen LogP contribution < -0.4 is 19.1 Å². The van der Waals surface area contributed by atoms with Gasteiger partial charge in [0.15, 0.2) is 17.4 Å². The van der Waals surface area contributed by atoms with Crippen LogP contribution in [0.2, 0.25) is 0 Å². The van der Waals surface area contributed by atoms with Gasteiger partial charge in [-0.2, -0.15) is 9.97 Å². The van der Waals surface area contributed by atoms with Crippen LogP contribution in [0.5, 0.6) is 17.4 Å². The van der Waals surface area contributed by atoms with Crippen molar-refractivity contribution in [1.29, 1.82) is 0 Å². The third-order valence-corrected chi connectivity index (χ3v) is 9.80. The van der Waals surface area contributed by atoms with Gasteiger partial charge in [-0.05, 0) is 46.5 Å². The Morgan fingerprint density at radius 3 is 2.02 bits per heavy atom. The number of non-ortho nitro benzene ring substituents is 1. The zero-order valence-electron chi connectivity index (χ0n) is 31.3. The maximum Gasteiger partial charge on any atom is 0.269 e. The van der Waals surface area contributed by atoms with E-state index in [9.17, 15) is 20.3 Å². The lowest BCUT2D eigenvalue weighted by Gasteiger charge is -2.37. The Labute approximate surface area is 322 Å². The molecule has 0 amide bonds. The SMILES string of the molecule is COc1ccc(C(OC[C@H]2O[C@@H](n3cnc4c(OCCc5ccc([N+](=O)[O-])cc5)nc(N(C)C)nc43)[C@H](O)[C@@H]2O)(c2ccccc2)c2ccc(OC)cc2)cc1. The lowest BCUT2D eigenvalue weighted by molar-refractivity contribution is -0.384. The minimum absolute atomic E-state index is 0.00794. The normalized spacial score (nSPS) is 18.2. The molecule has 0 saturated carbocycles. The molecule has 0 spiro atoms. The van der Waals surface area contributed by atoms with Crippen molar-refractivity contribution in [3.63, 3.8) is 0 Å². The summed E-state index contributed by atoms with van der Waals surface area (Å²) in [5, 5.41) is 34.0. The third-order valence-electron chi connectivity index (χ3n) is 9.80. The van der Waals surface area contributed by atoms with Crippen molar-refractivity contribution in [2.75, 3.05) is 46.4 Å². The van der Waals surface area contributed by atoms with Crippen LogP contribution in [-0.4, -0.2) is 94.5 Å². The molecule has 3 heterocycles. The first-order chi connectivity index (χ1) is 27.1. The molecule has 2 aromatic heterocycles. The molecule has 7 rings (SSSR count). The molecule has 0 bridgehead atoms. The van der Waals surface area contributed by atoms with E-state index in [1.54, 1.807) is 49.9 Å². The van der Waals surface area contributed by atoms with Crippen LogP contribution in [0.4, 0.5) is 11.6 Å². The van der Waals surface area contributed by atoms with Crippen molar-refractivity contribution >= 4 is 22.8 Å². The topological polar surface area (TPSA) is 177 Å². The van der Waals surface area contributed by atoms with E-state index in [1.807, 2.05) is 78.9 Å². The Hall–Kier alpha value is -6.13. The Balaban J connectivity index is 1.18. The van der Waals surface area contributed by atoms with Gasteiger partial charge in [0.2, 0.25) is 11.8 Å². The molecule has 0 unspecified atom stereocenters. The van der Waals surface area contributed by atoms with E-state index in [0.717, 1.165) is 22.3 Å². The molecular weight excluding hydrogens is 720 g/mol. The number of aromatic nitrogens is 4. The summed E-state index contributed by atoms with van der Waals surface area (Å²) in [6.07, 6.45) is -2.86. The van der Waals surface area contributed by atoms with Gasteiger partial charge in [-0.1, -0.05) is 66.7 Å². The van der Waals surface area contributed by atoms with Gasteiger partial charge in [0.05, 0.1) is 38.7 Å². The average Bonchev–Trinajstić information content (AvgIpc) is 3.78. The number of methoxy groups -OCH3 is 2. The Kier molecular flexibility index (Phi) is 11.1. The highest BCUT2D eigenvalue weighted by atomic mass is 16.6. The number of rotatable bonds is 15. The maximum atomic E-state index is 11.5. The minimum atomic E-state index is -1.38. The van der Waals surface area contributed by atoms with E-state index in [2.05, 4.69) is 9.97 Å². The highest BCUT2D eigenvalue weighted by molar-refractivity contribution is 5.78. The predicted molar refractivity (Wildman–Crippen MR) is 206 cm³/mol. The first kappa shape index (κ1) is 38.2. The van der Waals surface area contributed by atoms with Gasteiger partial charge in [0, 0.05) is 32.6 Å². The number of nitro benzene ring substituents is 1. The first-order valence-electron chi connectivity index (χ1n) is 17.9. The molecular formula is C41H42N6O9. The van der Waals surface area contributed by atoms with Gasteiger partial charge in [-0.15, -0.1) is 0 Å². The lowest BCUT2D eigenvalue weighted by Crippen LogP contribution is -2.39.